The molecule has 1 saturated heterocycles. The Bertz CT molecular complexity index is 897. The van der Waals surface area contributed by atoms with Crippen LogP contribution in [0.25, 0.3) is 11.3 Å². The first-order chi connectivity index (χ1) is 13.6. The number of aromatic nitrogens is 3. The van der Waals surface area contributed by atoms with E-state index in [0.717, 1.165) is 49.2 Å². The lowest BCUT2D eigenvalue weighted by atomic mass is 10.2. The van der Waals surface area contributed by atoms with Crippen LogP contribution in [0.2, 0.25) is 5.02 Å². The fourth-order valence-corrected chi connectivity index (χ4v) is 3.31. The van der Waals surface area contributed by atoms with Gasteiger partial charge in [-0.2, -0.15) is 4.98 Å². The Hall–Kier alpha value is -2.22. The number of hydrogen-bond donors (Lipinski definition) is 0. The molecule has 28 heavy (non-hydrogen) atoms. The van der Waals surface area contributed by atoms with Crippen molar-refractivity contribution < 1.29 is 8.94 Å². The molecule has 0 amide bonds. The summed E-state index contributed by atoms with van der Waals surface area (Å²) in [7, 11) is 0. The molecule has 4 rings (SSSR count). The minimum atomic E-state index is 0.285. The highest BCUT2D eigenvalue weighted by Crippen LogP contribution is 2.23. The molecule has 1 fully saturated rings. The summed E-state index contributed by atoms with van der Waals surface area (Å²) in [6.07, 6.45) is 1.77. The third-order valence-corrected chi connectivity index (χ3v) is 5.12. The second-order valence-electron chi connectivity index (χ2n) is 7.38. The number of nitrogens with zero attached hydrogens (tertiary/aromatic N) is 5. The Morgan fingerprint density at radius 2 is 1.64 bits per heavy atom. The summed E-state index contributed by atoms with van der Waals surface area (Å²) in [5, 5.41) is 4.74. The second kappa shape index (κ2) is 8.43. The van der Waals surface area contributed by atoms with E-state index in [1.165, 1.54) is 0 Å². The summed E-state index contributed by atoms with van der Waals surface area (Å²) in [5.41, 5.74) is 0.980. The largest absolute Gasteiger partial charge is 0.439 e. The maximum Gasteiger partial charge on any atom is 0.240 e. The van der Waals surface area contributed by atoms with Gasteiger partial charge in [0.05, 0.1) is 19.3 Å². The summed E-state index contributed by atoms with van der Waals surface area (Å²) in [5.74, 6) is 3.25. The van der Waals surface area contributed by atoms with Crippen LogP contribution >= 0.6 is 11.6 Å². The molecule has 0 saturated carbocycles. The zero-order valence-corrected chi connectivity index (χ0v) is 16.9. The highest BCUT2D eigenvalue weighted by molar-refractivity contribution is 6.30. The van der Waals surface area contributed by atoms with Crippen molar-refractivity contribution in [3.63, 3.8) is 0 Å². The van der Waals surface area contributed by atoms with Crippen LogP contribution in [0.5, 0.6) is 0 Å². The van der Waals surface area contributed by atoms with E-state index in [9.17, 15) is 0 Å². The van der Waals surface area contributed by atoms with Gasteiger partial charge in [-0.25, -0.2) is 4.98 Å². The van der Waals surface area contributed by atoms with E-state index in [4.69, 9.17) is 20.5 Å². The first-order valence-electron chi connectivity index (χ1n) is 9.54. The number of hydrogen-bond acceptors (Lipinski definition) is 7. The molecule has 1 aromatic carbocycles. The molecule has 3 aromatic rings. The average Bonchev–Trinajstić information content (AvgIpc) is 3.34. The van der Waals surface area contributed by atoms with Crippen molar-refractivity contribution in [2.24, 2.45) is 0 Å². The summed E-state index contributed by atoms with van der Waals surface area (Å²) in [6, 6.07) is 7.58. The van der Waals surface area contributed by atoms with E-state index in [2.05, 4.69) is 38.8 Å². The van der Waals surface area contributed by atoms with Gasteiger partial charge >= 0.3 is 0 Å². The van der Waals surface area contributed by atoms with Crippen molar-refractivity contribution >= 4 is 11.6 Å². The average molecular weight is 402 g/mol. The van der Waals surface area contributed by atoms with Crippen molar-refractivity contribution in [3.05, 3.63) is 53.1 Å². The van der Waals surface area contributed by atoms with Gasteiger partial charge in [-0.15, -0.1) is 0 Å². The van der Waals surface area contributed by atoms with Gasteiger partial charge in [-0.05, 0) is 24.3 Å². The summed E-state index contributed by atoms with van der Waals surface area (Å²) in [4.78, 5) is 13.6. The van der Waals surface area contributed by atoms with Crippen LogP contribution in [0.1, 0.15) is 37.4 Å². The lowest BCUT2D eigenvalue weighted by Crippen LogP contribution is -2.45. The van der Waals surface area contributed by atoms with Gasteiger partial charge in [0.15, 0.2) is 11.6 Å². The molecule has 0 atom stereocenters. The molecule has 0 radical (unpaired) electrons. The molecule has 7 nitrogen and oxygen atoms in total. The van der Waals surface area contributed by atoms with Crippen LogP contribution in [0.3, 0.4) is 0 Å². The maximum absolute atomic E-state index is 5.94. The van der Waals surface area contributed by atoms with Gasteiger partial charge in [-0.1, -0.05) is 30.6 Å². The van der Waals surface area contributed by atoms with Gasteiger partial charge in [0, 0.05) is 42.7 Å². The minimum absolute atomic E-state index is 0.285. The molecule has 0 aliphatic carbocycles. The fraction of sp³-hybridized carbons (Fsp3) is 0.450. The Kier molecular flexibility index (Phi) is 5.75. The van der Waals surface area contributed by atoms with E-state index in [1.54, 1.807) is 6.20 Å². The highest BCUT2D eigenvalue weighted by Gasteiger charge is 2.21. The smallest absolute Gasteiger partial charge is 0.240 e. The van der Waals surface area contributed by atoms with Crippen molar-refractivity contribution in [2.45, 2.75) is 32.9 Å². The number of piperazine rings is 1. The highest BCUT2D eigenvalue weighted by atomic mass is 35.5. The van der Waals surface area contributed by atoms with Gasteiger partial charge in [0.1, 0.15) is 0 Å². The van der Waals surface area contributed by atoms with Crippen LogP contribution in [-0.2, 0) is 13.1 Å². The van der Waals surface area contributed by atoms with Crippen LogP contribution < -0.4 is 0 Å². The van der Waals surface area contributed by atoms with Gasteiger partial charge in [0.2, 0.25) is 11.8 Å². The summed E-state index contributed by atoms with van der Waals surface area (Å²) >= 11 is 5.94. The normalized spacial score (nSPS) is 16.1. The van der Waals surface area contributed by atoms with Crippen LogP contribution in [0.4, 0.5) is 0 Å². The van der Waals surface area contributed by atoms with Gasteiger partial charge in [-0.3, -0.25) is 9.80 Å². The standard InChI is InChI=1S/C20H24ClN5O2/c1-14(2)20-23-19(28-24-20)13-26-9-7-25(8-10-26)12-18-22-11-17(27-18)15-3-5-16(21)6-4-15/h3-6,11,14H,7-10,12-13H2,1-2H3. The molecule has 148 valence electrons. The zero-order valence-electron chi connectivity index (χ0n) is 16.1. The quantitative estimate of drug-likeness (QED) is 0.621. The lowest BCUT2D eigenvalue weighted by Gasteiger charge is -2.33. The monoisotopic (exact) mass is 401 g/mol. The van der Waals surface area contributed by atoms with Crippen molar-refractivity contribution in [2.75, 3.05) is 26.2 Å². The molecule has 3 heterocycles. The Balaban J connectivity index is 1.28. The number of oxazole rings is 1. The van der Waals surface area contributed by atoms with Crippen LogP contribution in [-0.4, -0.2) is 51.1 Å². The molecule has 2 aromatic heterocycles. The molecular formula is C20H24ClN5O2. The number of halogens is 1. The second-order valence-corrected chi connectivity index (χ2v) is 7.81. The molecular weight excluding hydrogens is 378 g/mol. The molecule has 8 heteroatoms. The molecule has 0 bridgehead atoms. The number of rotatable bonds is 6. The van der Waals surface area contributed by atoms with E-state index >= 15 is 0 Å². The summed E-state index contributed by atoms with van der Waals surface area (Å²) in [6.45, 7) is 9.33. The third kappa shape index (κ3) is 4.60. The molecule has 1 aliphatic heterocycles. The third-order valence-electron chi connectivity index (χ3n) is 4.87. The molecule has 0 unspecified atom stereocenters. The fourth-order valence-electron chi connectivity index (χ4n) is 3.19. The van der Waals surface area contributed by atoms with E-state index < -0.39 is 0 Å². The number of benzene rings is 1. The molecule has 0 spiro atoms. The zero-order chi connectivity index (χ0) is 19.5. The predicted octanol–water partition coefficient (Wildman–Crippen LogP) is 3.82. The Morgan fingerprint density at radius 3 is 2.25 bits per heavy atom. The molecule has 0 N–H and O–H groups in total. The van der Waals surface area contributed by atoms with Crippen molar-refractivity contribution in [1.82, 2.24) is 24.9 Å². The van der Waals surface area contributed by atoms with Gasteiger partial charge in [0.25, 0.3) is 0 Å². The van der Waals surface area contributed by atoms with Crippen molar-refractivity contribution in [3.8, 4) is 11.3 Å². The maximum atomic E-state index is 5.94. The van der Waals surface area contributed by atoms with Gasteiger partial charge < -0.3 is 8.94 Å². The summed E-state index contributed by atoms with van der Waals surface area (Å²) < 4.78 is 11.3. The van der Waals surface area contributed by atoms with E-state index in [0.29, 0.717) is 24.0 Å². The minimum Gasteiger partial charge on any atom is -0.439 e. The lowest BCUT2D eigenvalue weighted by molar-refractivity contribution is 0.106. The topological polar surface area (TPSA) is 71.4 Å². The Morgan fingerprint density at radius 1 is 1.00 bits per heavy atom. The predicted molar refractivity (Wildman–Crippen MR) is 106 cm³/mol. The van der Waals surface area contributed by atoms with E-state index in [1.807, 2.05) is 24.3 Å². The van der Waals surface area contributed by atoms with E-state index in [-0.39, 0.29) is 5.92 Å². The van der Waals surface area contributed by atoms with Crippen molar-refractivity contribution in [1.29, 1.82) is 0 Å². The SMILES string of the molecule is CC(C)c1noc(CN2CCN(Cc3ncc(-c4ccc(Cl)cc4)o3)CC2)n1. The van der Waals surface area contributed by atoms with Crippen LogP contribution in [0, 0.1) is 0 Å². The molecule has 1 aliphatic rings. The first-order valence-corrected chi connectivity index (χ1v) is 9.92. The Labute approximate surface area is 169 Å². The first kappa shape index (κ1) is 19.1. The van der Waals surface area contributed by atoms with Crippen LogP contribution in [0.15, 0.2) is 39.4 Å².